The maximum absolute atomic E-state index is 13.1. The first-order valence-corrected chi connectivity index (χ1v) is 11.8. The van der Waals surface area contributed by atoms with Crippen molar-refractivity contribution in [3.05, 3.63) is 71.5 Å². The Kier molecular flexibility index (Phi) is 7.10. The molecule has 0 radical (unpaired) electrons. The summed E-state index contributed by atoms with van der Waals surface area (Å²) in [4.78, 5) is 43.2. The minimum absolute atomic E-state index is 0.0315. The highest BCUT2D eigenvalue weighted by molar-refractivity contribution is 6.05. The number of aromatic nitrogens is 2. The lowest BCUT2D eigenvalue weighted by molar-refractivity contribution is -0.142. The quantitative estimate of drug-likeness (QED) is 0.517. The normalized spacial score (nSPS) is 13.2. The minimum Gasteiger partial charge on any atom is -0.460 e. The number of benzene rings is 1. The summed E-state index contributed by atoms with van der Waals surface area (Å²) in [7, 11) is 1.89. The fourth-order valence-electron chi connectivity index (χ4n) is 4.00. The van der Waals surface area contributed by atoms with Crippen molar-refractivity contribution < 1.29 is 23.9 Å². The molecular weight excluding hydrogens is 460 g/mol. The van der Waals surface area contributed by atoms with Crippen LogP contribution in [0.5, 0.6) is 0 Å². The fourth-order valence-corrected chi connectivity index (χ4v) is 4.00. The monoisotopic (exact) mass is 490 g/mol. The van der Waals surface area contributed by atoms with Crippen molar-refractivity contribution in [2.75, 3.05) is 18.4 Å². The molecule has 0 unspecified atom stereocenters. The summed E-state index contributed by atoms with van der Waals surface area (Å²) >= 11 is 0. The van der Waals surface area contributed by atoms with E-state index < -0.39 is 17.7 Å². The molecule has 1 N–H and O–H groups in total. The molecule has 0 fully saturated rings. The molecule has 3 heterocycles. The van der Waals surface area contributed by atoms with Crippen LogP contribution in [0.15, 0.2) is 54.7 Å². The Balaban J connectivity index is 1.44. The van der Waals surface area contributed by atoms with Gasteiger partial charge in [0.15, 0.2) is 0 Å². The molecule has 9 nitrogen and oxygen atoms in total. The van der Waals surface area contributed by atoms with Crippen molar-refractivity contribution in [2.45, 2.75) is 39.4 Å². The van der Waals surface area contributed by atoms with Gasteiger partial charge in [0, 0.05) is 43.2 Å². The van der Waals surface area contributed by atoms with Crippen LogP contribution < -0.4 is 5.32 Å². The standard InChI is InChI=1S/C27H30N4O5/c1-27(2,3)36-26(34)31-13-11-21-20(25(31)33)15-22(30(21)4)19-10-12-28-23(14-19)29-16-24(32)35-17-18-8-6-5-7-9-18/h5-10,12,14-15H,11,13,16-17H2,1-4H3,(H,28,29). The number of nitrogens with one attached hydrogen (secondary N) is 1. The highest BCUT2D eigenvalue weighted by atomic mass is 16.6. The van der Waals surface area contributed by atoms with Gasteiger partial charge < -0.3 is 19.4 Å². The number of rotatable bonds is 6. The zero-order chi connectivity index (χ0) is 25.9. The number of imide groups is 1. The van der Waals surface area contributed by atoms with Crippen LogP contribution in [-0.2, 0) is 34.3 Å². The maximum Gasteiger partial charge on any atom is 0.417 e. The summed E-state index contributed by atoms with van der Waals surface area (Å²) in [6, 6.07) is 14.9. The van der Waals surface area contributed by atoms with Crippen molar-refractivity contribution in [1.82, 2.24) is 14.5 Å². The molecule has 3 aromatic rings. The van der Waals surface area contributed by atoms with Gasteiger partial charge in [-0.05, 0) is 44.5 Å². The van der Waals surface area contributed by atoms with E-state index >= 15 is 0 Å². The Morgan fingerprint density at radius 2 is 1.86 bits per heavy atom. The number of fused-ring (bicyclic) bond motifs is 1. The second-order valence-electron chi connectivity index (χ2n) is 9.57. The number of esters is 1. The Hall–Kier alpha value is -4.14. The van der Waals surface area contributed by atoms with Crippen molar-refractivity contribution in [3.63, 3.8) is 0 Å². The van der Waals surface area contributed by atoms with E-state index in [2.05, 4.69) is 10.3 Å². The molecule has 1 aromatic carbocycles. The summed E-state index contributed by atoms with van der Waals surface area (Å²) in [6.07, 6.45) is 1.52. The summed E-state index contributed by atoms with van der Waals surface area (Å²) in [5.74, 6) is -0.265. The van der Waals surface area contributed by atoms with Gasteiger partial charge in [0.1, 0.15) is 24.6 Å². The number of carbonyl (C=O) groups is 3. The molecule has 1 aliphatic rings. The van der Waals surface area contributed by atoms with Gasteiger partial charge in [0.25, 0.3) is 5.91 Å². The number of nitrogens with zero attached hydrogens (tertiary/aromatic N) is 3. The SMILES string of the molecule is Cn1c(-c2ccnc(NCC(=O)OCc3ccccc3)c2)cc2c1CCN(C(=O)OC(C)(C)C)C2=O. The first-order valence-electron chi connectivity index (χ1n) is 11.8. The maximum atomic E-state index is 13.1. The molecule has 0 spiro atoms. The summed E-state index contributed by atoms with van der Waals surface area (Å²) in [5, 5.41) is 2.99. The molecule has 0 saturated carbocycles. The van der Waals surface area contributed by atoms with E-state index in [1.165, 1.54) is 0 Å². The molecule has 0 aliphatic carbocycles. The number of anilines is 1. The third-order valence-corrected chi connectivity index (χ3v) is 5.73. The van der Waals surface area contributed by atoms with Crippen LogP contribution in [0, 0.1) is 0 Å². The van der Waals surface area contributed by atoms with E-state index in [-0.39, 0.29) is 25.6 Å². The molecule has 2 aromatic heterocycles. The molecule has 1 aliphatic heterocycles. The lowest BCUT2D eigenvalue weighted by atomic mass is 10.1. The molecule has 188 valence electrons. The number of hydrogen-bond acceptors (Lipinski definition) is 7. The van der Waals surface area contributed by atoms with Crippen LogP contribution >= 0.6 is 0 Å². The van der Waals surface area contributed by atoms with Gasteiger partial charge in [-0.2, -0.15) is 0 Å². The van der Waals surface area contributed by atoms with Gasteiger partial charge in [-0.3, -0.25) is 9.59 Å². The van der Waals surface area contributed by atoms with Crippen molar-refractivity contribution in [3.8, 4) is 11.3 Å². The zero-order valence-corrected chi connectivity index (χ0v) is 20.9. The molecule has 36 heavy (non-hydrogen) atoms. The van der Waals surface area contributed by atoms with Crippen molar-refractivity contribution >= 4 is 23.8 Å². The Morgan fingerprint density at radius 1 is 1.11 bits per heavy atom. The lowest BCUT2D eigenvalue weighted by Gasteiger charge is -2.28. The van der Waals surface area contributed by atoms with Gasteiger partial charge in [-0.15, -0.1) is 0 Å². The highest BCUT2D eigenvalue weighted by Crippen LogP contribution is 2.30. The van der Waals surface area contributed by atoms with Crippen LogP contribution in [0.1, 0.15) is 42.4 Å². The summed E-state index contributed by atoms with van der Waals surface area (Å²) < 4.78 is 12.6. The fraction of sp³-hybridized carbons (Fsp3) is 0.333. The van der Waals surface area contributed by atoms with Crippen molar-refractivity contribution in [2.24, 2.45) is 7.05 Å². The molecule has 9 heteroatoms. The highest BCUT2D eigenvalue weighted by Gasteiger charge is 2.34. The van der Waals surface area contributed by atoms with Crippen molar-refractivity contribution in [1.29, 1.82) is 0 Å². The largest absolute Gasteiger partial charge is 0.460 e. The molecule has 0 atom stereocenters. The second kappa shape index (κ2) is 10.2. The van der Waals surface area contributed by atoms with E-state index in [4.69, 9.17) is 9.47 Å². The average Bonchev–Trinajstić information content (AvgIpc) is 3.18. The predicted molar refractivity (Wildman–Crippen MR) is 134 cm³/mol. The van der Waals surface area contributed by atoms with Crippen LogP contribution in [0.25, 0.3) is 11.3 Å². The number of pyridine rings is 1. The number of hydrogen-bond donors (Lipinski definition) is 1. The lowest BCUT2D eigenvalue weighted by Crippen LogP contribution is -2.44. The topological polar surface area (TPSA) is 103 Å². The molecule has 2 amide bonds. The van der Waals surface area contributed by atoms with Gasteiger partial charge in [0.05, 0.1) is 5.56 Å². The van der Waals surface area contributed by atoms with E-state index in [1.54, 1.807) is 39.1 Å². The van der Waals surface area contributed by atoms with E-state index in [0.29, 0.717) is 17.8 Å². The van der Waals surface area contributed by atoms with Gasteiger partial charge in [0.2, 0.25) is 0 Å². The van der Waals surface area contributed by atoms with E-state index in [9.17, 15) is 14.4 Å². The Morgan fingerprint density at radius 3 is 2.58 bits per heavy atom. The summed E-state index contributed by atoms with van der Waals surface area (Å²) in [5.41, 5.74) is 3.17. The smallest absolute Gasteiger partial charge is 0.417 e. The summed E-state index contributed by atoms with van der Waals surface area (Å²) in [6.45, 7) is 5.73. The Labute approximate surface area is 210 Å². The number of ether oxygens (including phenoxy) is 2. The van der Waals surface area contributed by atoms with Gasteiger partial charge in [-0.1, -0.05) is 30.3 Å². The third kappa shape index (κ3) is 5.73. The number of carbonyl (C=O) groups excluding carboxylic acids is 3. The zero-order valence-electron chi connectivity index (χ0n) is 20.9. The molecule has 0 saturated heterocycles. The minimum atomic E-state index is -0.687. The average molecular weight is 491 g/mol. The third-order valence-electron chi connectivity index (χ3n) is 5.73. The molecule has 0 bridgehead atoms. The Bertz CT molecular complexity index is 1280. The first kappa shape index (κ1) is 25.0. The number of amides is 2. The predicted octanol–water partition coefficient (Wildman–Crippen LogP) is 4.18. The van der Waals surface area contributed by atoms with E-state index in [0.717, 1.165) is 27.4 Å². The van der Waals surface area contributed by atoms with E-state index in [1.807, 2.05) is 48.0 Å². The van der Waals surface area contributed by atoms with Gasteiger partial charge >= 0.3 is 12.1 Å². The van der Waals surface area contributed by atoms with Gasteiger partial charge in [-0.25, -0.2) is 14.7 Å². The van der Waals surface area contributed by atoms with Crippen LogP contribution in [0.3, 0.4) is 0 Å². The van der Waals surface area contributed by atoms with Crippen LogP contribution in [0.2, 0.25) is 0 Å². The van der Waals surface area contributed by atoms with Crippen LogP contribution in [-0.4, -0.2) is 51.1 Å². The molecule has 4 rings (SSSR count). The molecular formula is C27H30N4O5. The first-order chi connectivity index (χ1) is 17.1. The second-order valence-corrected chi connectivity index (χ2v) is 9.57. The van der Waals surface area contributed by atoms with Crippen LogP contribution in [0.4, 0.5) is 10.6 Å².